The Labute approximate surface area is 289 Å². The first-order valence-electron chi connectivity index (χ1n) is 17.3. The van der Waals surface area contributed by atoms with Crippen LogP contribution in [-0.2, 0) is 5.41 Å². The van der Waals surface area contributed by atoms with Crippen LogP contribution >= 0.6 is 0 Å². The molecule has 0 saturated heterocycles. The maximum Gasteiger partial charge on any atom is 0.136 e. The molecule has 232 valence electrons. The summed E-state index contributed by atoms with van der Waals surface area (Å²) in [5.41, 5.74) is 11.3. The van der Waals surface area contributed by atoms with Gasteiger partial charge in [0.1, 0.15) is 11.2 Å². The Morgan fingerprint density at radius 2 is 0.880 bits per heavy atom. The van der Waals surface area contributed by atoms with E-state index in [-0.39, 0.29) is 0 Å². The molecule has 1 heteroatoms. The third kappa shape index (κ3) is 3.61. The van der Waals surface area contributed by atoms with Gasteiger partial charge in [0.05, 0.1) is 5.41 Å². The molecule has 0 aliphatic heterocycles. The summed E-state index contributed by atoms with van der Waals surface area (Å²) in [7, 11) is 0. The Balaban J connectivity index is 1.21. The molecule has 50 heavy (non-hydrogen) atoms. The maximum absolute atomic E-state index is 6.82. The normalized spacial score (nSPS) is 13.4. The zero-order valence-corrected chi connectivity index (χ0v) is 27.2. The van der Waals surface area contributed by atoms with Gasteiger partial charge in [0.15, 0.2) is 0 Å². The number of hydrogen-bond donors (Lipinski definition) is 0. The second kappa shape index (κ2) is 10.3. The van der Waals surface area contributed by atoms with Crippen molar-refractivity contribution < 1.29 is 4.42 Å². The van der Waals surface area contributed by atoms with Gasteiger partial charge >= 0.3 is 0 Å². The molecule has 0 atom stereocenters. The summed E-state index contributed by atoms with van der Waals surface area (Å²) in [5, 5.41) is 9.99. The van der Waals surface area contributed by atoms with Gasteiger partial charge in [-0.3, -0.25) is 0 Å². The summed E-state index contributed by atoms with van der Waals surface area (Å²) < 4.78 is 6.82. The van der Waals surface area contributed by atoms with Crippen LogP contribution in [0.3, 0.4) is 0 Å². The van der Waals surface area contributed by atoms with E-state index in [1.54, 1.807) is 0 Å². The van der Waals surface area contributed by atoms with E-state index in [1.807, 2.05) is 0 Å². The van der Waals surface area contributed by atoms with E-state index < -0.39 is 5.41 Å². The molecule has 1 aromatic heterocycles. The molecule has 10 aromatic rings. The van der Waals surface area contributed by atoms with Crippen LogP contribution in [0.2, 0.25) is 0 Å². The topological polar surface area (TPSA) is 13.1 Å². The number of furan rings is 1. The van der Waals surface area contributed by atoms with Crippen molar-refractivity contribution in [3.8, 4) is 22.3 Å². The first-order chi connectivity index (χ1) is 24.8. The van der Waals surface area contributed by atoms with E-state index in [4.69, 9.17) is 4.42 Å². The summed E-state index contributed by atoms with van der Waals surface area (Å²) in [5.74, 6) is 0. The Morgan fingerprint density at radius 1 is 0.320 bits per heavy atom. The molecule has 0 spiro atoms. The molecule has 11 rings (SSSR count). The van der Waals surface area contributed by atoms with Gasteiger partial charge in [0, 0.05) is 10.8 Å². The molecular weight excluding hydrogens is 605 g/mol. The quantitative estimate of drug-likeness (QED) is 0.176. The maximum atomic E-state index is 6.82. The van der Waals surface area contributed by atoms with Crippen molar-refractivity contribution in [2.75, 3.05) is 0 Å². The zero-order chi connectivity index (χ0) is 32.8. The van der Waals surface area contributed by atoms with Crippen LogP contribution in [-0.4, -0.2) is 0 Å². The van der Waals surface area contributed by atoms with Crippen molar-refractivity contribution in [2.24, 2.45) is 0 Å². The summed E-state index contributed by atoms with van der Waals surface area (Å²) in [4.78, 5) is 0. The highest BCUT2D eigenvalue weighted by atomic mass is 16.3. The SMILES string of the molecule is c1ccc(C2(c3ccccc3)c3ccccc3-c3cc4c(cc32)oc2cccc(-c3ccc5c6ccccc6c6ccccc6c5c3)c24)cc1. The molecule has 1 nitrogen and oxygen atoms in total. The minimum atomic E-state index is -0.466. The second-order valence-electron chi connectivity index (χ2n) is 13.6. The molecule has 0 radical (unpaired) electrons. The van der Waals surface area contributed by atoms with Crippen molar-refractivity contribution in [1.29, 1.82) is 0 Å². The van der Waals surface area contributed by atoms with Crippen molar-refractivity contribution in [3.05, 3.63) is 204 Å². The van der Waals surface area contributed by atoms with Crippen LogP contribution in [0, 0.1) is 0 Å². The molecule has 1 aliphatic rings. The van der Waals surface area contributed by atoms with Gasteiger partial charge < -0.3 is 4.42 Å². The van der Waals surface area contributed by atoms with Gasteiger partial charge in [-0.2, -0.15) is 0 Å². The average Bonchev–Trinajstić information content (AvgIpc) is 3.70. The lowest BCUT2D eigenvalue weighted by Gasteiger charge is -2.33. The molecule has 0 unspecified atom stereocenters. The predicted octanol–water partition coefficient (Wildman–Crippen LogP) is 13.1. The highest BCUT2D eigenvalue weighted by molar-refractivity contribution is 6.26. The van der Waals surface area contributed by atoms with Crippen LogP contribution < -0.4 is 0 Å². The number of rotatable bonds is 3. The fourth-order valence-electron chi connectivity index (χ4n) is 9.08. The van der Waals surface area contributed by atoms with Crippen LogP contribution in [0.1, 0.15) is 22.3 Å². The van der Waals surface area contributed by atoms with Crippen molar-refractivity contribution >= 4 is 54.3 Å². The van der Waals surface area contributed by atoms with E-state index >= 15 is 0 Å². The van der Waals surface area contributed by atoms with Crippen molar-refractivity contribution in [2.45, 2.75) is 5.41 Å². The van der Waals surface area contributed by atoms with Gasteiger partial charge in [-0.05, 0) is 101 Å². The minimum absolute atomic E-state index is 0.466. The molecule has 1 aliphatic carbocycles. The Morgan fingerprint density at radius 3 is 1.56 bits per heavy atom. The van der Waals surface area contributed by atoms with Crippen molar-refractivity contribution in [1.82, 2.24) is 0 Å². The van der Waals surface area contributed by atoms with Crippen LogP contribution in [0.4, 0.5) is 0 Å². The first-order valence-corrected chi connectivity index (χ1v) is 17.3. The molecule has 0 fully saturated rings. The van der Waals surface area contributed by atoms with Gasteiger partial charge in [-0.25, -0.2) is 0 Å². The largest absolute Gasteiger partial charge is 0.456 e. The minimum Gasteiger partial charge on any atom is -0.456 e. The van der Waals surface area contributed by atoms with Gasteiger partial charge in [-0.15, -0.1) is 0 Å². The van der Waals surface area contributed by atoms with E-state index in [9.17, 15) is 0 Å². The smallest absolute Gasteiger partial charge is 0.136 e. The fourth-order valence-corrected chi connectivity index (χ4v) is 9.08. The van der Waals surface area contributed by atoms with E-state index in [2.05, 4.69) is 182 Å². The molecule has 9 aromatic carbocycles. The second-order valence-corrected chi connectivity index (χ2v) is 13.6. The molecule has 1 heterocycles. The first kappa shape index (κ1) is 27.5. The lowest BCUT2D eigenvalue weighted by atomic mass is 9.67. The molecular formula is C49H30O. The lowest BCUT2D eigenvalue weighted by molar-refractivity contribution is 0.666. The Kier molecular flexibility index (Phi) is 5.66. The van der Waals surface area contributed by atoms with Crippen molar-refractivity contribution in [3.63, 3.8) is 0 Å². The summed E-state index contributed by atoms with van der Waals surface area (Å²) in [6.07, 6.45) is 0. The molecule has 0 bridgehead atoms. The summed E-state index contributed by atoms with van der Waals surface area (Å²) in [6.45, 7) is 0. The van der Waals surface area contributed by atoms with E-state index in [0.717, 1.165) is 21.9 Å². The standard InChI is InChI=1S/C49H30O/c1-3-14-32(15-4-1)49(33-16-5-2-6-17-33)44-24-12-11-22-40(44)42-29-43-47(30-45(42)49)50-46-25-13-23-34(48(43)46)31-26-27-39-37-20-8-7-18-35(37)36-19-9-10-21-38(36)41(39)28-31/h1-30H. The van der Waals surface area contributed by atoms with Gasteiger partial charge in [0.25, 0.3) is 0 Å². The highest BCUT2D eigenvalue weighted by Crippen LogP contribution is 2.57. The molecule has 0 N–H and O–H groups in total. The zero-order valence-electron chi connectivity index (χ0n) is 27.2. The van der Waals surface area contributed by atoms with Crippen LogP contribution in [0.25, 0.3) is 76.5 Å². The summed E-state index contributed by atoms with van der Waals surface area (Å²) in [6, 6.07) is 66.6. The van der Waals surface area contributed by atoms with E-state index in [1.165, 1.54) is 76.8 Å². The fraction of sp³-hybridized carbons (Fsp3) is 0.0204. The predicted molar refractivity (Wildman–Crippen MR) is 209 cm³/mol. The van der Waals surface area contributed by atoms with Crippen LogP contribution in [0.5, 0.6) is 0 Å². The third-order valence-corrected chi connectivity index (χ3v) is 11.1. The third-order valence-electron chi connectivity index (χ3n) is 11.1. The molecule has 0 amide bonds. The average molecular weight is 635 g/mol. The number of hydrogen-bond acceptors (Lipinski definition) is 1. The van der Waals surface area contributed by atoms with Crippen LogP contribution in [0.15, 0.2) is 186 Å². The van der Waals surface area contributed by atoms with Gasteiger partial charge in [-0.1, -0.05) is 158 Å². The number of fused-ring (bicyclic) bond motifs is 12. The Bertz CT molecular complexity index is 2890. The lowest BCUT2D eigenvalue weighted by Crippen LogP contribution is -2.28. The monoisotopic (exact) mass is 634 g/mol. The van der Waals surface area contributed by atoms with Gasteiger partial charge in [0.2, 0.25) is 0 Å². The van der Waals surface area contributed by atoms with E-state index in [0.29, 0.717) is 0 Å². The highest BCUT2D eigenvalue weighted by Gasteiger charge is 2.46. The molecule has 0 saturated carbocycles. The Hall–Kier alpha value is -6.44. The summed E-state index contributed by atoms with van der Waals surface area (Å²) >= 11 is 0. The number of benzene rings is 9.